The highest BCUT2D eigenvalue weighted by Crippen LogP contribution is 2.31. The van der Waals surface area contributed by atoms with E-state index in [0.29, 0.717) is 6.61 Å². The summed E-state index contributed by atoms with van der Waals surface area (Å²) < 4.78 is 7.47. The van der Waals surface area contributed by atoms with Crippen LogP contribution in [0.4, 0.5) is 0 Å². The van der Waals surface area contributed by atoms with Gasteiger partial charge in [0.05, 0.1) is 11.0 Å². The Morgan fingerprint density at radius 2 is 1.60 bits per heavy atom. The van der Waals surface area contributed by atoms with Crippen LogP contribution in [-0.4, -0.2) is 10.7 Å². The Hall–Kier alpha value is -3.27. The zero-order chi connectivity index (χ0) is 17.2. The van der Waals surface area contributed by atoms with Gasteiger partial charge in [0.15, 0.2) is 0 Å². The summed E-state index contributed by atoms with van der Waals surface area (Å²) in [4.78, 5) is 16.9. The van der Waals surface area contributed by atoms with E-state index < -0.39 is 0 Å². The maximum atomic E-state index is 11.5. The summed E-state index contributed by atoms with van der Waals surface area (Å²) in [5.74, 6) is 0.367. The smallest absolute Gasteiger partial charge is 0.329 e. The van der Waals surface area contributed by atoms with Crippen molar-refractivity contribution in [1.82, 2.24) is 4.73 Å². The third-order valence-corrected chi connectivity index (χ3v) is 4.07. The van der Waals surface area contributed by atoms with E-state index in [1.54, 1.807) is 4.73 Å². The van der Waals surface area contributed by atoms with Crippen molar-refractivity contribution < 1.29 is 14.4 Å². The minimum Gasteiger partial charge on any atom is -0.489 e. The number of hydrogen-bond acceptors (Lipinski definition) is 3. The second-order valence-corrected chi connectivity index (χ2v) is 5.85. The van der Waals surface area contributed by atoms with E-state index in [-0.39, 0.29) is 5.97 Å². The molecule has 0 unspecified atom stereocenters. The summed E-state index contributed by atoms with van der Waals surface area (Å²) in [6.07, 6.45) is 0. The van der Waals surface area contributed by atoms with Crippen molar-refractivity contribution in [3.63, 3.8) is 0 Å². The number of hydrogen-bond donors (Lipinski definition) is 0. The lowest BCUT2D eigenvalue weighted by molar-refractivity contribution is -0.140. The van der Waals surface area contributed by atoms with Crippen molar-refractivity contribution in [2.75, 3.05) is 0 Å². The van der Waals surface area contributed by atoms with Crippen LogP contribution in [-0.2, 0) is 11.4 Å². The number of ether oxygens (including phenoxy) is 1. The Labute approximate surface area is 145 Å². The predicted octanol–water partition coefficient (Wildman–Crippen LogP) is 4.35. The molecule has 124 valence electrons. The summed E-state index contributed by atoms with van der Waals surface area (Å²) in [7, 11) is 0. The number of aromatic nitrogens is 1. The van der Waals surface area contributed by atoms with Crippen molar-refractivity contribution in [3.05, 3.63) is 78.4 Å². The minimum absolute atomic E-state index is 0.363. The van der Waals surface area contributed by atoms with Gasteiger partial charge in [-0.05, 0) is 23.8 Å². The van der Waals surface area contributed by atoms with Crippen LogP contribution in [0.15, 0.2) is 72.8 Å². The molecule has 1 heterocycles. The molecule has 0 N–H and O–H groups in total. The molecular formula is C21H17NO3. The van der Waals surface area contributed by atoms with Gasteiger partial charge in [0.2, 0.25) is 0 Å². The van der Waals surface area contributed by atoms with E-state index in [4.69, 9.17) is 9.57 Å². The summed E-state index contributed by atoms with van der Waals surface area (Å²) in [5.41, 5.74) is 2.76. The largest absolute Gasteiger partial charge is 0.489 e. The van der Waals surface area contributed by atoms with Gasteiger partial charge in [0.1, 0.15) is 12.4 Å². The fourth-order valence-corrected chi connectivity index (χ4v) is 2.97. The fourth-order valence-electron chi connectivity index (χ4n) is 2.97. The van der Waals surface area contributed by atoms with E-state index in [0.717, 1.165) is 33.1 Å². The van der Waals surface area contributed by atoms with Gasteiger partial charge in [-0.3, -0.25) is 0 Å². The quantitative estimate of drug-likeness (QED) is 0.558. The molecule has 4 aromatic rings. The van der Waals surface area contributed by atoms with Crippen molar-refractivity contribution in [2.24, 2.45) is 0 Å². The monoisotopic (exact) mass is 331 g/mol. The van der Waals surface area contributed by atoms with E-state index in [1.807, 2.05) is 72.8 Å². The van der Waals surface area contributed by atoms with Crippen molar-refractivity contribution in [1.29, 1.82) is 0 Å². The molecule has 0 aliphatic rings. The Morgan fingerprint density at radius 1 is 0.880 bits per heavy atom. The molecule has 0 radical (unpaired) electrons. The average molecular weight is 331 g/mol. The van der Waals surface area contributed by atoms with E-state index in [9.17, 15) is 4.79 Å². The van der Waals surface area contributed by atoms with Gasteiger partial charge in [0, 0.05) is 23.8 Å². The molecule has 0 bridgehead atoms. The summed E-state index contributed by atoms with van der Waals surface area (Å²) in [6.45, 7) is 1.89. The van der Waals surface area contributed by atoms with Crippen LogP contribution in [0.5, 0.6) is 5.75 Å². The van der Waals surface area contributed by atoms with Crippen LogP contribution >= 0.6 is 0 Å². The zero-order valence-electron chi connectivity index (χ0n) is 13.8. The number of nitrogens with zero attached hydrogens (tertiary/aromatic N) is 1. The Kier molecular flexibility index (Phi) is 3.86. The number of rotatable bonds is 4. The minimum atomic E-state index is -0.363. The third kappa shape index (κ3) is 2.94. The predicted molar refractivity (Wildman–Crippen MR) is 97.5 cm³/mol. The zero-order valence-corrected chi connectivity index (χ0v) is 13.8. The molecule has 25 heavy (non-hydrogen) atoms. The molecule has 3 aromatic carbocycles. The molecule has 0 saturated heterocycles. The summed E-state index contributed by atoms with van der Waals surface area (Å²) >= 11 is 0. The van der Waals surface area contributed by atoms with Crippen LogP contribution in [0, 0.1) is 0 Å². The van der Waals surface area contributed by atoms with Crippen molar-refractivity contribution >= 4 is 27.8 Å². The Balaban J connectivity index is 1.76. The maximum absolute atomic E-state index is 11.5. The molecule has 0 saturated carbocycles. The molecular weight excluding hydrogens is 314 g/mol. The van der Waals surface area contributed by atoms with Gasteiger partial charge in [-0.25, -0.2) is 4.79 Å². The second kappa shape index (κ2) is 6.32. The standard InChI is InChI=1S/C21H17NO3/c1-15(23)25-22-20-10-6-5-9-18(20)19-12-11-17(13-21(19)22)24-14-16-7-3-2-4-8-16/h2-13H,14H2,1H3. The first-order valence-corrected chi connectivity index (χ1v) is 8.11. The van der Waals surface area contributed by atoms with Crippen molar-refractivity contribution in [2.45, 2.75) is 13.5 Å². The Bertz CT molecular complexity index is 1050. The summed E-state index contributed by atoms with van der Waals surface area (Å²) in [6, 6.07) is 23.7. The number of benzene rings is 3. The number of carbonyl (C=O) groups is 1. The molecule has 4 heteroatoms. The number of para-hydroxylation sites is 1. The van der Waals surface area contributed by atoms with Gasteiger partial charge < -0.3 is 9.57 Å². The van der Waals surface area contributed by atoms with Crippen molar-refractivity contribution in [3.8, 4) is 5.75 Å². The molecule has 0 aliphatic heterocycles. The van der Waals surface area contributed by atoms with Gasteiger partial charge in [-0.1, -0.05) is 48.5 Å². The summed E-state index contributed by atoms with van der Waals surface area (Å²) in [5, 5.41) is 2.05. The molecule has 4 nitrogen and oxygen atoms in total. The van der Waals surface area contributed by atoms with E-state index in [1.165, 1.54) is 6.92 Å². The second-order valence-electron chi connectivity index (χ2n) is 5.85. The first kappa shape index (κ1) is 15.3. The highest BCUT2D eigenvalue weighted by molar-refractivity contribution is 6.08. The normalized spacial score (nSPS) is 10.9. The SMILES string of the molecule is CC(=O)On1c2ccccc2c2ccc(OCc3ccccc3)cc21. The fraction of sp³-hybridized carbons (Fsp3) is 0.0952. The number of carbonyl (C=O) groups excluding carboxylic acids is 1. The topological polar surface area (TPSA) is 40.5 Å². The molecule has 1 aromatic heterocycles. The van der Waals surface area contributed by atoms with Crippen LogP contribution in [0.2, 0.25) is 0 Å². The van der Waals surface area contributed by atoms with E-state index >= 15 is 0 Å². The molecule has 0 fully saturated rings. The van der Waals surface area contributed by atoms with Gasteiger partial charge in [0.25, 0.3) is 0 Å². The molecule has 0 atom stereocenters. The van der Waals surface area contributed by atoms with Gasteiger partial charge in [-0.15, -0.1) is 0 Å². The molecule has 0 spiro atoms. The highest BCUT2D eigenvalue weighted by atomic mass is 16.7. The van der Waals surface area contributed by atoms with Gasteiger partial charge >= 0.3 is 5.97 Å². The molecule has 0 aliphatic carbocycles. The lowest BCUT2D eigenvalue weighted by atomic mass is 10.1. The third-order valence-electron chi connectivity index (χ3n) is 4.07. The molecule has 0 amide bonds. The first-order valence-electron chi connectivity index (χ1n) is 8.11. The lowest BCUT2D eigenvalue weighted by Crippen LogP contribution is -2.15. The lowest BCUT2D eigenvalue weighted by Gasteiger charge is -2.08. The maximum Gasteiger partial charge on any atom is 0.329 e. The van der Waals surface area contributed by atoms with Crippen LogP contribution in [0.3, 0.4) is 0 Å². The average Bonchev–Trinajstić information content (AvgIpc) is 2.94. The first-order chi connectivity index (χ1) is 12.2. The van der Waals surface area contributed by atoms with E-state index in [2.05, 4.69) is 0 Å². The van der Waals surface area contributed by atoms with Crippen LogP contribution in [0.1, 0.15) is 12.5 Å². The number of fused-ring (bicyclic) bond motifs is 3. The molecule has 4 rings (SSSR count). The van der Waals surface area contributed by atoms with Crippen LogP contribution < -0.4 is 9.57 Å². The Morgan fingerprint density at radius 3 is 2.40 bits per heavy atom. The highest BCUT2D eigenvalue weighted by Gasteiger charge is 2.13. The van der Waals surface area contributed by atoms with Gasteiger partial charge in [-0.2, -0.15) is 4.73 Å². The van der Waals surface area contributed by atoms with Crippen LogP contribution in [0.25, 0.3) is 21.8 Å².